The fourth-order valence-electron chi connectivity index (χ4n) is 2.22. The second kappa shape index (κ2) is 8.83. The summed E-state index contributed by atoms with van der Waals surface area (Å²) in [5.74, 6) is 6.55. The third-order valence-electron chi connectivity index (χ3n) is 3.90. The Morgan fingerprint density at radius 3 is 2.85 bits per heavy atom. The van der Waals surface area contributed by atoms with Gasteiger partial charge in [0.15, 0.2) is 0 Å². The second-order valence-corrected chi connectivity index (χ2v) is 6.06. The number of aromatic nitrogens is 2. The van der Waals surface area contributed by atoms with E-state index in [-0.39, 0.29) is 24.1 Å². The first-order valence-corrected chi connectivity index (χ1v) is 8.30. The maximum atomic E-state index is 9.16. The largest absolute Gasteiger partial charge is 0.396 e. The summed E-state index contributed by atoms with van der Waals surface area (Å²) >= 11 is 0. The van der Waals surface area contributed by atoms with Gasteiger partial charge in [-0.1, -0.05) is 18.9 Å². The zero-order chi connectivity index (χ0) is 19.1. The van der Waals surface area contributed by atoms with Crippen LogP contribution in [0.1, 0.15) is 23.6 Å². The van der Waals surface area contributed by atoms with Crippen LogP contribution in [0.15, 0.2) is 24.5 Å². The highest BCUT2D eigenvalue weighted by Crippen LogP contribution is 2.19. The zero-order valence-electron chi connectivity index (χ0n) is 15.2. The molecule has 0 aliphatic carbocycles. The Bertz CT molecular complexity index is 853. The molecule has 0 amide bonds. The van der Waals surface area contributed by atoms with Crippen LogP contribution in [-0.2, 0) is 0 Å². The summed E-state index contributed by atoms with van der Waals surface area (Å²) in [6, 6.07) is 5.88. The van der Waals surface area contributed by atoms with Crippen molar-refractivity contribution < 1.29 is 5.11 Å². The number of nitrogens with one attached hydrogen (secondary N) is 3. The van der Waals surface area contributed by atoms with Gasteiger partial charge in [-0.2, -0.15) is 0 Å². The van der Waals surface area contributed by atoms with Crippen LogP contribution >= 0.6 is 0 Å². The topological polar surface area (TPSA) is 120 Å². The van der Waals surface area contributed by atoms with Crippen LogP contribution < -0.4 is 16.4 Å². The molecule has 136 valence electrons. The molecule has 6 N–H and O–H groups in total. The molecule has 0 saturated heterocycles. The monoisotopic (exact) mass is 352 g/mol. The normalized spacial score (nSPS) is 11.2. The molecular weight excluding hydrogens is 328 g/mol. The van der Waals surface area contributed by atoms with E-state index in [1.54, 1.807) is 0 Å². The van der Waals surface area contributed by atoms with Gasteiger partial charge in [-0.3, -0.25) is 5.41 Å². The SMILES string of the molecule is CNc1ccc(C)c(C#CC(=N)c2c(N)ncnc2NCC(C)CO)c1. The first-order chi connectivity index (χ1) is 12.5. The number of nitrogens with zero attached hydrogens (tertiary/aromatic N) is 2. The Morgan fingerprint density at radius 2 is 2.15 bits per heavy atom. The lowest BCUT2D eigenvalue weighted by molar-refractivity contribution is 0.244. The summed E-state index contributed by atoms with van der Waals surface area (Å²) < 4.78 is 0. The quantitative estimate of drug-likeness (QED) is 0.400. The number of anilines is 3. The Labute approximate surface area is 153 Å². The third-order valence-corrected chi connectivity index (χ3v) is 3.90. The summed E-state index contributed by atoms with van der Waals surface area (Å²) in [7, 11) is 1.84. The maximum absolute atomic E-state index is 9.16. The first-order valence-electron chi connectivity index (χ1n) is 8.30. The number of rotatable bonds is 6. The number of aryl methyl sites for hydroxylation is 1. The van der Waals surface area contributed by atoms with Crippen LogP contribution in [0, 0.1) is 30.1 Å². The van der Waals surface area contributed by atoms with Crippen molar-refractivity contribution in [3.63, 3.8) is 0 Å². The Hall–Kier alpha value is -3.11. The van der Waals surface area contributed by atoms with Crippen LogP contribution in [-0.4, -0.2) is 41.0 Å². The highest BCUT2D eigenvalue weighted by Gasteiger charge is 2.14. The number of aliphatic hydroxyl groups is 1. The van der Waals surface area contributed by atoms with Crippen molar-refractivity contribution in [1.82, 2.24) is 9.97 Å². The molecule has 1 atom stereocenters. The molecule has 2 aromatic rings. The van der Waals surface area contributed by atoms with Crippen LogP contribution in [0.5, 0.6) is 0 Å². The maximum Gasteiger partial charge on any atom is 0.141 e. The molecule has 1 heterocycles. The molecule has 7 heteroatoms. The van der Waals surface area contributed by atoms with Gasteiger partial charge in [-0.25, -0.2) is 9.97 Å². The Balaban J connectivity index is 2.31. The van der Waals surface area contributed by atoms with Crippen molar-refractivity contribution >= 4 is 23.0 Å². The molecule has 2 rings (SSSR count). The fraction of sp³-hybridized carbons (Fsp3) is 0.316. The van der Waals surface area contributed by atoms with Gasteiger partial charge in [0, 0.05) is 31.5 Å². The lowest BCUT2D eigenvalue weighted by Crippen LogP contribution is -2.18. The number of nitrogens with two attached hydrogens (primary N) is 1. The van der Waals surface area contributed by atoms with Crippen LogP contribution in [0.2, 0.25) is 0 Å². The van der Waals surface area contributed by atoms with Crippen molar-refractivity contribution in [2.24, 2.45) is 5.92 Å². The molecule has 0 aliphatic heterocycles. The minimum atomic E-state index is 0.0384. The predicted molar refractivity (Wildman–Crippen MR) is 106 cm³/mol. The van der Waals surface area contributed by atoms with E-state index in [0.717, 1.165) is 16.8 Å². The minimum absolute atomic E-state index is 0.0384. The molecule has 1 aromatic heterocycles. The van der Waals surface area contributed by atoms with E-state index in [1.807, 2.05) is 39.1 Å². The first kappa shape index (κ1) is 19.2. The molecule has 0 bridgehead atoms. The molecule has 0 saturated carbocycles. The lowest BCUT2D eigenvalue weighted by Gasteiger charge is -2.13. The van der Waals surface area contributed by atoms with E-state index < -0.39 is 0 Å². The van der Waals surface area contributed by atoms with Crippen molar-refractivity contribution in [2.75, 3.05) is 36.6 Å². The highest BCUT2D eigenvalue weighted by molar-refractivity contribution is 6.16. The van der Waals surface area contributed by atoms with Crippen molar-refractivity contribution in [3.8, 4) is 11.8 Å². The van der Waals surface area contributed by atoms with Gasteiger partial charge < -0.3 is 21.5 Å². The number of hydrogen-bond acceptors (Lipinski definition) is 7. The third kappa shape index (κ3) is 4.71. The molecule has 7 nitrogen and oxygen atoms in total. The Morgan fingerprint density at radius 1 is 1.38 bits per heavy atom. The van der Waals surface area contributed by atoms with Gasteiger partial charge in [-0.05, 0) is 36.5 Å². The molecular formula is C19H24N6O. The molecule has 1 unspecified atom stereocenters. The molecule has 0 radical (unpaired) electrons. The average molecular weight is 352 g/mol. The smallest absolute Gasteiger partial charge is 0.141 e. The van der Waals surface area contributed by atoms with E-state index in [2.05, 4.69) is 32.4 Å². The van der Waals surface area contributed by atoms with Gasteiger partial charge in [-0.15, -0.1) is 0 Å². The van der Waals surface area contributed by atoms with E-state index in [0.29, 0.717) is 17.9 Å². The molecule has 1 aromatic carbocycles. The second-order valence-electron chi connectivity index (χ2n) is 6.06. The number of nitrogen functional groups attached to an aromatic ring is 1. The molecule has 0 fully saturated rings. The van der Waals surface area contributed by atoms with Crippen LogP contribution in [0.25, 0.3) is 0 Å². The lowest BCUT2D eigenvalue weighted by atomic mass is 10.1. The van der Waals surface area contributed by atoms with Gasteiger partial charge in [0.1, 0.15) is 23.7 Å². The number of benzene rings is 1. The van der Waals surface area contributed by atoms with E-state index >= 15 is 0 Å². The number of hydrogen-bond donors (Lipinski definition) is 5. The van der Waals surface area contributed by atoms with Gasteiger partial charge in [0.2, 0.25) is 0 Å². The average Bonchev–Trinajstić information content (AvgIpc) is 2.65. The number of aliphatic hydroxyl groups excluding tert-OH is 1. The summed E-state index contributed by atoms with van der Waals surface area (Å²) in [6.45, 7) is 4.43. The highest BCUT2D eigenvalue weighted by atomic mass is 16.3. The van der Waals surface area contributed by atoms with Crippen molar-refractivity contribution in [1.29, 1.82) is 5.41 Å². The molecule has 0 spiro atoms. The summed E-state index contributed by atoms with van der Waals surface area (Å²) in [4.78, 5) is 8.13. The van der Waals surface area contributed by atoms with Gasteiger partial charge in [0.25, 0.3) is 0 Å². The van der Waals surface area contributed by atoms with Crippen molar-refractivity contribution in [3.05, 3.63) is 41.2 Å². The fourth-order valence-corrected chi connectivity index (χ4v) is 2.22. The van der Waals surface area contributed by atoms with Crippen LogP contribution in [0.4, 0.5) is 17.3 Å². The predicted octanol–water partition coefficient (Wildman–Crippen LogP) is 1.87. The zero-order valence-corrected chi connectivity index (χ0v) is 15.2. The van der Waals surface area contributed by atoms with Gasteiger partial charge >= 0.3 is 0 Å². The van der Waals surface area contributed by atoms with Gasteiger partial charge in [0.05, 0.1) is 5.56 Å². The summed E-state index contributed by atoms with van der Waals surface area (Å²) in [5.41, 5.74) is 9.16. The minimum Gasteiger partial charge on any atom is -0.396 e. The summed E-state index contributed by atoms with van der Waals surface area (Å²) in [6.07, 6.45) is 1.34. The Kier molecular flexibility index (Phi) is 6.53. The standard InChI is InChI=1S/C19H24N6O/c1-12(10-26)9-23-19-17(18(21)24-11-25-19)16(20)7-5-14-8-15(22-3)6-4-13(14)2/h4,6,8,11-12,20,22,26H,9-10H2,1-3H3,(H3,21,23,24,25). The van der Waals surface area contributed by atoms with Crippen molar-refractivity contribution in [2.45, 2.75) is 13.8 Å². The molecule has 26 heavy (non-hydrogen) atoms. The van der Waals surface area contributed by atoms with E-state index in [1.165, 1.54) is 6.33 Å². The molecule has 0 aliphatic rings. The van der Waals surface area contributed by atoms with Crippen LogP contribution in [0.3, 0.4) is 0 Å². The summed E-state index contributed by atoms with van der Waals surface area (Å²) in [5, 5.41) is 23.7. The van der Waals surface area contributed by atoms with E-state index in [9.17, 15) is 0 Å². The van der Waals surface area contributed by atoms with E-state index in [4.69, 9.17) is 16.2 Å².